The monoisotopic (exact) mass is 336 g/mol. The predicted octanol–water partition coefficient (Wildman–Crippen LogP) is 4.20. The summed E-state index contributed by atoms with van der Waals surface area (Å²) in [6.07, 6.45) is 2.39. The number of furan rings is 1. The Morgan fingerprint density at radius 3 is 2.36 bits per heavy atom. The first-order chi connectivity index (χ1) is 12.2. The first kappa shape index (κ1) is 16.6. The van der Waals surface area contributed by atoms with E-state index in [4.69, 9.17) is 9.15 Å². The summed E-state index contributed by atoms with van der Waals surface area (Å²) in [5, 5.41) is 6.16. The van der Waals surface area contributed by atoms with Gasteiger partial charge in [0.25, 0.3) is 5.91 Å². The van der Waals surface area contributed by atoms with Crippen molar-refractivity contribution < 1.29 is 13.9 Å². The van der Waals surface area contributed by atoms with Crippen LogP contribution in [0.4, 0.5) is 11.4 Å². The molecular weight excluding hydrogens is 316 g/mol. The zero-order chi connectivity index (χ0) is 17.5. The minimum absolute atomic E-state index is 0.259. The zero-order valence-corrected chi connectivity index (χ0v) is 14.0. The second-order valence-corrected chi connectivity index (χ2v) is 5.53. The number of carbonyl (C=O) groups is 1. The highest BCUT2D eigenvalue weighted by molar-refractivity contribution is 6.02. The standard InChI is InChI=1S/C20H20N2O3/c1-24-18-10-4-15(5-11-18)12-13-21-16-6-8-17(9-7-16)22-20(23)19-3-2-14-25-19/h2-11,14,21H,12-13H2,1H3,(H,22,23). The summed E-state index contributed by atoms with van der Waals surface area (Å²) in [5.74, 6) is 0.899. The van der Waals surface area contributed by atoms with Crippen LogP contribution in [0.5, 0.6) is 5.75 Å². The van der Waals surface area contributed by atoms with Gasteiger partial charge in [0.1, 0.15) is 5.75 Å². The Balaban J connectivity index is 1.48. The molecule has 5 nitrogen and oxygen atoms in total. The van der Waals surface area contributed by atoms with Crippen LogP contribution in [0.3, 0.4) is 0 Å². The maximum atomic E-state index is 11.9. The number of hydrogen-bond donors (Lipinski definition) is 2. The van der Waals surface area contributed by atoms with Gasteiger partial charge >= 0.3 is 0 Å². The van der Waals surface area contributed by atoms with E-state index in [1.54, 1.807) is 19.2 Å². The van der Waals surface area contributed by atoms with Crippen LogP contribution in [0.25, 0.3) is 0 Å². The minimum atomic E-state index is -0.259. The van der Waals surface area contributed by atoms with E-state index < -0.39 is 0 Å². The van der Waals surface area contributed by atoms with E-state index in [1.165, 1.54) is 11.8 Å². The molecule has 3 aromatic rings. The largest absolute Gasteiger partial charge is 0.497 e. The van der Waals surface area contributed by atoms with Crippen molar-refractivity contribution in [2.24, 2.45) is 0 Å². The van der Waals surface area contributed by atoms with Crippen molar-refractivity contribution in [1.82, 2.24) is 0 Å². The molecule has 128 valence electrons. The molecule has 0 unspecified atom stereocenters. The molecule has 1 aromatic heterocycles. The lowest BCUT2D eigenvalue weighted by molar-refractivity contribution is 0.0996. The Morgan fingerprint density at radius 2 is 1.72 bits per heavy atom. The third kappa shape index (κ3) is 4.64. The van der Waals surface area contributed by atoms with Crippen LogP contribution in [0.15, 0.2) is 71.3 Å². The number of hydrogen-bond acceptors (Lipinski definition) is 4. The molecule has 0 atom stereocenters. The number of anilines is 2. The van der Waals surface area contributed by atoms with Gasteiger partial charge in [-0.15, -0.1) is 0 Å². The van der Waals surface area contributed by atoms with Crippen molar-refractivity contribution in [3.8, 4) is 5.75 Å². The molecule has 25 heavy (non-hydrogen) atoms. The highest BCUT2D eigenvalue weighted by Gasteiger charge is 2.08. The average Bonchev–Trinajstić information content (AvgIpc) is 3.19. The van der Waals surface area contributed by atoms with Gasteiger partial charge in [-0.25, -0.2) is 0 Å². The molecule has 0 spiro atoms. The summed E-state index contributed by atoms with van der Waals surface area (Å²) in [7, 11) is 1.66. The molecule has 0 saturated heterocycles. The lowest BCUT2D eigenvalue weighted by Gasteiger charge is -2.09. The Labute approximate surface area is 146 Å². The highest BCUT2D eigenvalue weighted by atomic mass is 16.5. The minimum Gasteiger partial charge on any atom is -0.497 e. The summed E-state index contributed by atoms with van der Waals surface area (Å²) in [5.41, 5.74) is 2.97. The normalized spacial score (nSPS) is 10.3. The van der Waals surface area contributed by atoms with Crippen LogP contribution in [-0.2, 0) is 6.42 Å². The van der Waals surface area contributed by atoms with Gasteiger partial charge in [-0.1, -0.05) is 12.1 Å². The number of amides is 1. The van der Waals surface area contributed by atoms with Gasteiger partial charge in [-0.05, 0) is 60.5 Å². The van der Waals surface area contributed by atoms with Gasteiger partial charge in [0.05, 0.1) is 13.4 Å². The molecule has 1 amide bonds. The van der Waals surface area contributed by atoms with E-state index in [9.17, 15) is 4.79 Å². The molecule has 0 aliphatic rings. The van der Waals surface area contributed by atoms with Crippen LogP contribution in [0.2, 0.25) is 0 Å². The van der Waals surface area contributed by atoms with E-state index in [-0.39, 0.29) is 5.91 Å². The van der Waals surface area contributed by atoms with Crippen LogP contribution < -0.4 is 15.4 Å². The number of nitrogens with one attached hydrogen (secondary N) is 2. The van der Waals surface area contributed by atoms with Crippen LogP contribution in [-0.4, -0.2) is 19.6 Å². The lowest BCUT2D eigenvalue weighted by atomic mass is 10.1. The fraction of sp³-hybridized carbons (Fsp3) is 0.150. The molecule has 0 saturated carbocycles. The van der Waals surface area contributed by atoms with Crippen molar-refractivity contribution in [2.75, 3.05) is 24.3 Å². The maximum Gasteiger partial charge on any atom is 0.291 e. The van der Waals surface area contributed by atoms with Crippen LogP contribution in [0.1, 0.15) is 16.1 Å². The maximum absolute atomic E-state index is 11.9. The third-order valence-electron chi connectivity index (χ3n) is 3.79. The Bertz CT molecular complexity index is 794. The van der Waals surface area contributed by atoms with Gasteiger partial charge < -0.3 is 19.8 Å². The van der Waals surface area contributed by atoms with E-state index >= 15 is 0 Å². The summed E-state index contributed by atoms with van der Waals surface area (Å²) in [6.45, 7) is 0.824. The van der Waals surface area contributed by atoms with E-state index in [1.807, 2.05) is 36.4 Å². The summed E-state index contributed by atoms with van der Waals surface area (Å²) in [4.78, 5) is 11.9. The molecular formula is C20H20N2O3. The summed E-state index contributed by atoms with van der Waals surface area (Å²) in [6, 6.07) is 19.0. The SMILES string of the molecule is COc1ccc(CCNc2ccc(NC(=O)c3ccco3)cc2)cc1. The van der Waals surface area contributed by atoms with Gasteiger partial charge in [0.15, 0.2) is 5.76 Å². The fourth-order valence-corrected chi connectivity index (χ4v) is 2.42. The second-order valence-electron chi connectivity index (χ2n) is 5.53. The third-order valence-corrected chi connectivity index (χ3v) is 3.79. The number of benzene rings is 2. The molecule has 0 fully saturated rings. The summed E-state index contributed by atoms with van der Waals surface area (Å²) < 4.78 is 10.2. The van der Waals surface area contributed by atoms with Gasteiger partial charge in [0.2, 0.25) is 0 Å². The molecule has 1 heterocycles. The smallest absolute Gasteiger partial charge is 0.291 e. The Morgan fingerprint density at radius 1 is 1.00 bits per heavy atom. The molecule has 0 bridgehead atoms. The number of rotatable bonds is 7. The first-order valence-electron chi connectivity index (χ1n) is 8.06. The van der Waals surface area contributed by atoms with E-state index in [0.717, 1.165) is 30.1 Å². The first-order valence-corrected chi connectivity index (χ1v) is 8.06. The highest BCUT2D eigenvalue weighted by Crippen LogP contribution is 2.16. The van der Waals surface area contributed by atoms with E-state index in [0.29, 0.717) is 5.76 Å². The molecule has 0 aliphatic carbocycles. The van der Waals surface area contributed by atoms with E-state index in [2.05, 4.69) is 22.8 Å². The topological polar surface area (TPSA) is 63.5 Å². The average molecular weight is 336 g/mol. The molecule has 0 aliphatic heterocycles. The fourth-order valence-electron chi connectivity index (χ4n) is 2.42. The molecule has 0 radical (unpaired) electrons. The van der Waals surface area contributed by atoms with Crippen molar-refractivity contribution >= 4 is 17.3 Å². The molecule has 2 aromatic carbocycles. The molecule has 2 N–H and O–H groups in total. The van der Waals surface area contributed by atoms with Crippen LogP contribution >= 0.6 is 0 Å². The Hall–Kier alpha value is -3.21. The quantitative estimate of drug-likeness (QED) is 0.679. The number of carbonyl (C=O) groups excluding carboxylic acids is 1. The van der Waals surface area contributed by atoms with Crippen LogP contribution in [0, 0.1) is 0 Å². The van der Waals surface area contributed by atoms with Crippen molar-refractivity contribution in [3.63, 3.8) is 0 Å². The lowest BCUT2D eigenvalue weighted by Crippen LogP contribution is -2.11. The summed E-state index contributed by atoms with van der Waals surface area (Å²) >= 11 is 0. The predicted molar refractivity (Wildman–Crippen MR) is 98.3 cm³/mol. The Kier molecular flexibility index (Phi) is 5.36. The molecule has 3 rings (SSSR count). The van der Waals surface area contributed by atoms with Gasteiger partial charge in [-0.3, -0.25) is 4.79 Å². The second kappa shape index (κ2) is 8.06. The number of methoxy groups -OCH3 is 1. The van der Waals surface area contributed by atoms with Gasteiger partial charge in [-0.2, -0.15) is 0 Å². The van der Waals surface area contributed by atoms with Crippen molar-refractivity contribution in [1.29, 1.82) is 0 Å². The van der Waals surface area contributed by atoms with Gasteiger partial charge in [0, 0.05) is 17.9 Å². The number of ether oxygens (including phenoxy) is 1. The zero-order valence-electron chi connectivity index (χ0n) is 14.0. The van der Waals surface area contributed by atoms with Crippen molar-refractivity contribution in [3.05, 3.63) is 78.3 Å². The van der Waals surface area contributed by atoms with Crippen molar-refractivity contribution in [2.45, 2.75) is 6.42 Å². The molecule has 5 heteroatoms.